The Bertz CT molecular complexity index is 908. The number of alkyl halides is 3. The van der Waals surface area contributed by atoms with E-state index in [4.69, 9.17) is 4.74 Å². The summed E-state index contributed by atoms with van der Waals surface area (Å²) < 4.78 is 54.2. The first-order valence-electron chi connectivity index (χ1n) is 7.30. The van der Waals surface area contributed by atoms with Gasteiger partial charge in [-0.25, -0.2) is 4.98 Å². The van der Waals surface area contributed by atoms with Gasteiger partial charge in [-0.1, -0.05) is 12.1 Å². The van der Waals surface area contributed by atoms with Gasteiger partial charge in [0.25, 0.3) is 0 Å². The number of aromatic nitrogens is 3. The number of nitrogens with one attached hydrogen (secondary N) is 1. The van der Waals surface area contributed by atoms with E-state index < -0.39 is 23.6 Å². The number of aromatic amines is 1. The van der Waals surface area contributed by atoms with Crippen molar-refractivity contribution in [3.8, 4) is 5.75 Å². The smallest absolute Gasteiger partial charge is 1.00 e. The van der Waals surface area contributed by atoms with Gasteiger partial charge in [-0.15, -0.1) is 0 Å². The summed E-state index contributed by atoms with van der Waals surface area (Å²) in [6, 6.07) is 8.62. The molecule has 0 saturated heterocycles. The Morgan fingerprint density at radius 2 is 2.00 bits per heavy atom. The fourth-order valence-corrected chi connectivity index (χ4v) is 3.35. The Morgan fingerprint density at radius 3 is 2.69 bits per heavy atom. The maximum atomic E-state index is 12.5. The van der Waals surface area contributed by atoms with Crippen LogP contribution in [0.4, 0.5) is 13.2 Å². The molecule has 0 saturated carbocycles. The number of hydrogen-bond donors (Lipinski definition) is 1. The van der Waals surface area contributed by atoms with Crippen LogP contribution >= 0.6 is 0 Å². The molecule has 0 fully saturated rings. The Kier molecular flexibility index (Phi) is 6.64. The molecule has 2 aromatic heterocycles. The second kappa shape index (κ2) is 8.36. The van der Waals surface area contributed by atoms with Crippen molar-refractivity contribution >= 4 is 44.9 Å². The molecule has 0 radical (unpaired) electrons. The normalized spacial score (nSPS) is 12.6. The number of hydrogen-bond acceptors (Lipinski definition) is 4. The predicted molar refractivity (Wildman–Crippen MR) is 94.7 cm³/mol. The molecule has 1 unspecified atom stereocenters. The number of para-hydroxylation sites is 2. The number of ether oxygens (including phenoxy) is 1. The molecule has 1 atom stereocenters. The van der Waals surface area contributed by atoms with Crippen LogP contribution in [0.15, 0.2) is 41.7 Å². The number of imidazole rings is 1. The first-order valence-corrected chi connectivity index (χ1v) is 8.62. The van der Waals surface area contributed by atoms with Gasteiger partial charge < -0.3 is 12.6 Å². The van der Waals surface area contributed by atoms with E-state index in [2.05, 4.69) is 15.0 Å². The molecule has 3 aromatic rings. The molecule has 3 rings (SSSR count). The molecule has 0 aliphatic heterocycles. The van der Waals surface area contributed by atoms with Crippen molar-refractivity contribution in [3.05, 3.63) is 47.8 Å². The zero-order valence-corrected chi connectivity index (χ0v) is 16.1. The van der Waals surface area contributed by atoms with E-state index in [1.807, 2.05) is 18.2 Å². The summed E-state index contributed by atoms with van der Waals surface area (Å²) in [7, 11) is -1.51. The summed E-state index contributed by atoms with van der Waals surface area (Å²) >= 11 is 0. The fraction of sp³-hybridized carbons (Fsp3) is 0.250. The average molecular weight is 396 g/mol. The van der Waals surface area contributed by atoms with Gasteiger partial charge in [0.2, 0.25) is 0 Å². The van der Waals surface area contributed by atoms with Crippen molar-refractivity contribution in [2.24, 2.45) is 0 Å². The zero-order valence-electron chi connectivity index (χ0n) is 15.8. The average Bonchev–Trinajstić information content (AvgIpc) is 2.99. The maximum Gasteiger partial charge on any atom is 2.00 e. The van der Waals surface area contributed by atoms with Gasteiger partial charge in [0.1, 0.15) is 5.75 Å². The molecule has 0 bridgehead atoms. The second-order valence-corrected chi connectivity index (χ2v) is 6.70. The first-order chi connectivity index (χ1) is 11.8. The largest absolute Gasteiger partial charge is 2.00 e. The molecule has 0 aliphatic rings. The third kappa shape index (κ3) is 4.95. The minimum absolute atomic E-state index is 0. The Morgan fingerprint density at radius 1 is 1.27 bits per heavy atom. The molecular weight excluding hydrogens is 380 g/mol. The Hall–Kier alpha value is -1.65. The summed E-state index contributed by atoms with van der Waals surface area (Å²) in [6.07, 6.45) is -3.09. The van der Waals surface area contributed by atoms with E-state index >= 15 is 0 Å². The van der Waals surface area contributed by atoms with Crippen LogP contribution in [0.2, 0.25) is 0 Å². The monoisotopic (exact) mass is 395 g/mol. The van der Waals surface area contributed by atoms with Crippen LogP contribution in [0.25, 0.3) is 11.0 Å². The third-order valence-electron chi connectivity index (χ3n) is 3.50. The number of rotatable bonds is 5. The van der Waals surface area contributed by atoms with Crippen LogP contribution < -0.4 is 4.74 Å². The second-order valence-electron chi connectivity index (χ2n) is 5.33. The molecular formula is C16H16F3MgN3O2S. The third-order valence-corrected chi connectivity index (χ3v) is 4.66. The number of halogens is 3. The van der Waals surface area contributed by atoms with Crippen LogP contribution in [0.1, 0.15) is 14.1 Å². The van der Waals surface area contributed by atoms with Gasteiger partial charge >= 0.3 is 29.2 Å². The van der Waals surface area contributed by atoms with Crippen LogP contribution in [0.5, 0.6) is 5.75 Å². The number of pyridine rings is 1. The minimum atomic E-state index is -4.42. The SMILES string of the molecule is Cc1c(OCC(F)(F)F)ccnc1CS(=O)c1nc2ccccc2[nH]1.[H-].[H-].[Mg+2]. The van der Waals surface area contributed by atoms with Crippen molar-refractivity contribution in [3.63, 3.8) is 0 Å². The van der Waals surface area contributed by atoms with Crippen molar-refractivity contribution in [2.75, 3.05) is 6.61 Å². The van der Waals surface area contributed by atoms with Crippen molar-refractivity contribution in [1.82, 2.24) is 15.0 Å². The topological polar surface area (TPSA) is 67.9 Å². The van der Waals surface area contributed by atoms with Crippen LogP contribution in [0.3, 0.4) is 0 Å². The molecule has 10 heteroatoms. The van der Waals surface area contributed by atoms with Crippen LogP contribution in [-0.4, -0.2) is 55.0 Å². The van der Waals surface area contributed by atoms with Crippen LogP contribution in [0, 0.1) is 6.92 Å². The van der Waals surface area contributed by atoms with Gasteiger partial charge in [0.05, 0.1) is 33.3 Å². The molecule has 1 N–H and O–H groups in total. The molecule has 136 valence electrons. The summed E-state index contributed by atoms with van der Waals surface area (Å²) in [6.45, 7) is 0.202. The van der Waals surface area contributed by atoms with Gasteiger partial charge in [-0.2, -0.15) is 13.2 Å². The molecule has 0 spiro atoms. The van der Waals surface area contributed by atoms with E-state index in [0.29, 0.717) is 21.9 Å². The maximum absolute atomic E-state index is 12.5. The fourth-order valence-electron chi connectivity index (χ4n) is 2.25. The van der Waals surface area contributed by atoms with Crippen molar-refractivity contribution in [2.45, 2.75) is 24.0 Å². The van der Waals surface area contributed by atoms with E-state index in [0.717, 1.165) is 5.52 Å². The minimum Gasteiger partial charge on any atom is -1.00 e. The Balaban J connectivity index is 0.00000243. The summed E-state index contributed by atoms with van der Waals surface area (Å²) in [4.78, 5) is 11.3. The summed E-state index contributed by atoms with van der Waals surface area (Å²) in [5.41, 5.74) is 2.28. The van der Waals surface area contributed by atoms with E-state index in [9.17, 15) is 17.4 Å². The van der Waals surface area contributed by atoms with E-state index in [1.54, 1.807) is 13.0 Å². The van der Waals surface area contributed by atoms with Gasteiger partial charge in [-0.05, 0) is 25.1 Å². The van der Waals surface area contributed by atoms with Crippen LogP contribution in [-0.2, 0) is 16.6 Å². The number of fused-ring (bicyclic) bond motifs is 1. The molecule has 26 heavy (non-hydrogen) atoms. The van der Waals surface area contributed by atoms with Gasteiger partial charge in [0.15, 0.2) is 11.8 Å². The molecule has 0 amide bonds. The first kappa shape index (κ1) is 20.7. The summed E-state index contributed by atoms with van der Waals surface area (Å²) in [5, 5.41) is 0.295. The van der Waals surface area contributed by atoms with Gasteiger partial charge in [-0.3, -0.25) is 9.19 Å². The molecule has 1 aromatic carbocycles. The molecule has 2 heterocycles. The standard InChI is InChI=1S/C16H14F3N3O2S.Mg.2H/c1-10-13(20-7-6-14(10)24-9-16(17,18)19)8-25(23)15-21-11-4-2-3-5-12(11)22-15;;;/h2-7H,8-9H2,1H3,(H,21,22);;;/q;+2;2*-1. The predicted octanol–water partition coefficient (Wildman–Crippen LogP) is 3.36. The summed E-state index contributed by atoms with van der Waals surface area (Å²) in [5.74, 6) is 0.0958. The van der Waals surface area contributed by atoms with Crippen molar-refractivity contribution < 1.29 is 25.0 Å². The zero-order chi connectivity index (χ0) is 18.0. The van der Waals surface area contributed by atoms with Crippen molar-refractivity contribution in [1.29, 1.82) is 0 Å². The number of benzene rings is 1. The van der Waals surface area contributed by atoms with E-state index in [-0.39, 0.29) is 37.4 Å². The quantitative estimate of drug-likeness (QED) is 0.673. The van der Waals surface area contributed by atoms with E-state index in [1.165, 1.54) is 12.3 Å². The molecule has 0 aliphatic carbocycles. The number of H-pyrrole nitrogens is 1. The number of nitrogens with zero attached hydrogens (tertiary/aromatic N) is 2. The molecule has 5 nitrogen and oxygen atoms in total. The Labute approximate surface area is 169 Å². The van der Waals surface area contributed by atoms with Gasteiger partial charge in [0, 0.05) is 11.8 Å².